The molecule has 0 aliphatic carbocycles. The van der Waals surface area contributed by atoms with E-state index >= 15 is 0 Å². The Labute approximate surface area is 75.9 Å². The first-order valence-corrected chi connectivity index (χ1v) is 5.23. The predicted octanol–water partition coefficient (Wildman–Crippen LogP) is 1.36. The van der Waals surface area contributed by atoms with E-state index in [9.17, 15) is 0 Å². The van der Waals surface area contributed by atoms with Crippen molar-refractivity contribution in [2.24, 2.45) is 17.6 Å². The second-order valence-electron chi connectivity index (χ2n) is 4.12. The highest BCUT2D eigenvalue weighted by atomic mass is 14.8. The maximum Gasteiger partial charge on any atom is -0.00463 e. The van der Waals surface area contributed by atoms with Gasteiger partial charge in [-0.05, 0) is 57.2 Å². The summed E-state index contributed by atoms with van der Waals surface area (Å²) in [6, 6.07) is 0. The highest BCUT2D eigenvalue weighted by molar-refractivity contribution is 4.69. The van der Waals surface area contributed by atoms with E-state index in [2.05, 4.69) is 12.2 Å². The van der Waals surface area contributed by atoms with E-state index in [-0.39, 0.29) is 0 Å². The van der Waals surface area contributed by atoms with Crippen LogP contribution in [0.25, 0.3) is 0 Å². The van der Waals surface area contributed by atoms with Gasteiger partial charge in [-0.2, -0.15) is 0 Å². The summed E-state index contributed by atoms with van der Waals surface area (Å²) in [6.45, 7) is 5.54. The van der Waals surface area contributed by atoms with E-state index in [4.69, 9.17) is 5.73 Å². The molecule has 1 rings (SSSR count). The Kier molecular flexibility index (Phi) is 4.62. The van der Waals surface area contributed by atoms with Crippen LogP contribution in [0.2, 0.25) is 0 Å². The standard InChI is InChI=1S/C10H22N2/c1-9(8-11)7-10-3-2-5-12-6-4-10/h9-10,12H,2-8,11H2,1H3. The Hall–Kier alpha value is -0.0800. The Morgan fingerprint density at radius 2 is 2.25 bits per heavy atom. The maximum atomic E-state index is 5.61. The third-order valence-electron chi connectivity index (χ3n) is 2.83. The molecule has 0 aromatic rings. The topological polar surface area (TPSA) is 38.0 Å². The normalized spacial score (nSPS) is 28.0. The molecule has 0 aromatic heterocycles. The zero-order valence-electron chi connectivity index (χ0n) is 8.18. The second-order valence-corrected chi connectivity index (χ2v) is 4.12. The summed E-state index contributed by atoms with van der Waals surface area (Å²) in [5, 5.41) is 3.44. The SMILES string of the molecule is CC(CN)CC1CCCNCC1. The van der Waals surface area contributed by atoms with Gasteiger partial charge >= 0.3 is 0 Å². The van der Waals surface area contributed by atoms with Crippen LogP contribution >= 0.6 is 0 Å². The van der Waals surface area contributed by atoms with Crippen molar-refractivity contribution in [3.63, 3.8) is 0 Å². The van der Waals surface area contributed by atoms with Crippen molar-refractivity contribution in [1.29, 1.82) is 0 Å². The molecular weight excluding hydrogens is 148 g/mol. The van der Waals surface area contributed by atoms with Crippen LogP contribution in [0.3, 0.4) is 0 Å². The quantitative estimate of drug-likeness (QED) is 0.671. The summed E-state index contributed by atoms with van der Waals surface area (Å²) in [5.74, 6) is 1.65. The summed E-state index contributed by atoms with van der Waals surface area (Å²) in [7, 11) is 0. The molecule has 0 aromatic carbocycles. The molecule has 1 fully saturated rings. The van der Waals surface area contributed by atoms with Crippen LogP contribution in [0.15, 0.2) is 0 Å². The van der Waals surface area contributed by atoms with Crippen LogP contribution in [0.5, 0.6) is 0 Å². The van der Waals surface area contributed by atoms with Crippen LogP contribution in [-0.4, -0.2) is 19.6 Å². The van der Waals surface area contributed by atoms with Gasteiger partial charge in [0.2, 0.25) is 0 Å². The van der Waals surface area contributed by atoms with Crippen molar-refractivity contribution in [1.82, 2.24) is 5.32 Å². The number of nitrogens with one attached hydrogen (secondary N) is 1. The van der Waals surface area contributed by atoms with Gasteiger partial charge in [-0.1, -0.05) is 6.92 Å². The third-order valence-corrected chi connectivity index (χ3v) is 2.83. The second kappa shape index (κ2) is 5.55. The van der Waals surface area contributed by atoms with E-state index < -0.39 is 0 Å². The molecule has 1 aliphatic heterocycles. The number of hydrogen-bond donors (Lipinski definition) is 2. The Morgan fingerprint density at radius 3 is 3.00 bits per heavy atom. The Bertz CT molecular complexity index is 106. The van der Waals surface area contributed by atoms with Crippen molar-refractivity contribution >= 4 is 0 Å². The summed E-state index contributed by atoms with van der Waals surface area (Å²) >= 11 is 0. The Balaban J connectivity index is 2.20. The minimum Gasteiger partial charge on any atom is -0.330 e. The molecule has 2 heteroatoms. The molecule has 0 spiro atoms. The lowest BCUT2D eigenvalue weighted by atomic mass is 9.90. The van der Waals surface area contributed by atoms with Gasteiger partial charge in [0.05, 0.1) is 0 Å². The van der Waals surface area contributed by atoms with Crippen LogP contribution in [0.1, 0.15) is 32.6 Å². The van der Waals surface area contributed by atoms with Gasteiger partial charge in [-0.15, -0.1) is 0 Å². The van der Waals surface area contributed by atoms with Gasteiger partial charge in [-0.25, -0.2) is 0 Å². The molecule has 0 saturated carbocycles. The summed E-state index contributed by atoms with van der Waals surface area (Å²) in [4.78, 5) is 0. The first-order chi connectivity index (χ1) is 5.83. The monoisotopic (exact) mass is 170 g/mol. The van der Waals surface area contributed by atoms with Crippen LogP contribution in [0.4, 0.5) is 0 Å². The van der Waals surface area contributed by atoms with Gasteiger partial charge in [0, 0.05) is 0 Å². The first kappa shape index (κ1) is 10.0. The zero-order chi connectivity index (χ0) is 8.81. The lowest BCUT2D eigenvalue weighted by molar-refractivity contribution is 0.366. The van der Waals surface area contributed by atoms with E-state index in [1.165, 1.54) is 38.8 Å². The molecule has 72 valence electrons. The molecular formula is C10H22N2. The largest absolute Gasteiger partial charge is 0.330 e. The van der Waals surface area contributed by atoms with Gasteiger partial charge in [0.1, 0.15) is 0 Å². The van der Waals surface area contributed by atoms with E-state index in [1.54, 1.807) is 0 Å². The number of hydrogen-bond acceptors (Lipinski definition) is 2. The van der Waals surface area contributed by atoms with Gasteiger partial charge in [-0.3, -0.25) is 0 Å². The molecule has 0 amide bonds. The highest BCUT2D eigenvalue weighted by Crippen LogP contribution is 2.21. The minimum atomic E-state index is 0.716. The fourth-order valence-corrected chi connectivity index (χ4v) is 1.99. The first-order valence-electron chi connectivity index (χ1n) is 5.23. The zero-order valence-corrected chi connectivity index (χ0v) is 8.18. The fourth-order valence-electron chi connectivity index (χ4n) is 1.99. The molecule has 2 atom stereocenters. The lowest BCUT2D eigenvalue weighted by Gasteiger charge is -2.17. The molecule has 3 N–H and O–H groups in total. The van der Waals surface area contributed by atoms with Gasteiger partial charge in [0.15, 0.2) is 0 Å². The fraction of sp³-hybridized carbons (Fsp3) is 1.00. The average Bonchev–Trinajstić information content (AvgIpc) is 2.33. The molecule has 1 heterocycles. The van der Waals surface area contributed by atoms with E-state index in [0.29, 0.717) is 5.92 Å². The molecule has 2 unspecified atom stereocenters. The minimum absolute atomic E-state index is 0.716. The predicted molar refractivity (Wildman–Crippen MR) is 53.0 cm³/mol. The molecule has 12 heavy (non-hydrogen) atoms. The molecule has 1 aliphatic rings. The van der Waals surface area contributed by atoms with E-state index in [0.717, 1.165) is 12.5 Å². The lowest BCUT2D eigenvalue weighted by Crippen LogP contribution is -2.17. The number of nitrogens with two attached hydrogens (primary N) is 1. The summed E-state index contributed by atoms with van der Waals surface area (Å²) < 4.78 is 0. The van der Waals surface area contributed by atoms with Gasteiger partial charge < -0.3 is 11.1 Å². The van der Waals surface area contributed by atoms with Crippen LogP contribution < -0.4 is 11.1 Å². The van der Waals surface area contributed by atoms with E-state index in [1.807, 2.05) is 0 Å². The van der Waals surface area contributed by atoms with Crippen LogP contribution in [-0.2, 0) is 0 Å². The van der Waals surface area contributed by atoms with Crippen molar-refractivity contribution in [2.75, 3.05) is 19.6 Å². The summed E-state index contributed by atoms with van der Waals surface area (Å²) in [6.07, 6.45) is 5.43. The van der Waals surface area contributed by atoms with Crippen molar-refractivity contribution in [3.8, 4) is 0 Å². The highest BCUT2D eigenvalue weighted by Gasteiger charge is 2.13. The molecule has 1 saturated heterocycles. The third kappa shape index (κ3) is 3.55. The van der Waals surface area contributed by atoms with Crippen molar-refractivity contribution in [2.45, 2.75) is 32.6 Å². The summed E-state index contributed by atoms with van der Waals surface area (Å²) in [5.41, 5.74) is 5.61. The van der Waals surface area contributed by atoms with Crippen molar-refractivity contribution < 1.29 is 0 Å². The molecule has 0 bridgehead atoms. The van der Waals surface area contributed by atoms with Gasteiger partial charge in [0.25, 0.3) is 0 Å². The van der Waals surface area contributed by atoms with Crippen molar-refractivity contribution in [3.05, 3.63) is 0 Å². The number of rotatable bonds is 3. The smallest absolute Gasteiger partial charge is 0.00463 e. The average molecular weight is 170 g/mol. The van der Waals surface area contributed by atoms with Crippen LogP contribution in [0, 0.1) is 11.8 Å². The molecule has 2 nitrogen and oxygen atoms in total. The maximum absolute atomic E-state index is 5.61. The Morgan fingerprint density at radius 1 is 1.42 bits per heavy atom. The molecule has 0 radical (unpaired) electrons.